The Kier molecular flexibility index (Phi) is 4.83. The van der Waals surface area contributed by atoms with Crippen LogP contribution in [0.25, 0.3) is 11.3 Å². The van der Waals surface area contributed by atoms with E-state index in [0.29, 0.717) is 16.4 Å². The molecule has 0 radical (unpaired) electrons. The van der Waals surface area contributed by atoms with Gasteiger partial charge in [0.15, 0.2) is 0 Å². The fourth-order valence-corrected chi connectivity index (χ4v) is 3.02. The summed E-state index contributed by atoms with van der Waals surface area (Å²) in [7, 11) is 0. The number of aromatic nitrogens is 1. The highest BCUT2D eigenvalue weighted by molar-refractivity contribution is 7.09. The largest absolute Gasteiger partial charge is 0.323 e. The minimum absolute atomic E-state index is 0.318. The number of hydrogen-bond acceptors (Lipinski definition) is 3. The van der Waals surface area contributed by atoms with Crippen molar-refractivity contribution in [1.82, 2.24) is 4.98 Å². The van der Waals surface area contributed by atoms with Crippen LogP contribution >= 0.6 is 22.9 Å². The number of carbonyl (C=O) groups excluding carboxylic acids is 1. The Labute approximate surface area is 149 Å². The van der Waals surface area contributed by atoms with Crippen LogP contribution in [-0.4, -0.2) is 11.0 Å². The molecule has 0 aliphatic heterocycles. The predicted molar refractivity (Wildman–Crippen MR) is 101 cm³/mol. The summed E-state index contributed by atoms with van der Waals surface area (Å²) in [5.41, 5.74) is 4.19. The lowest BCUT2D eigenvalue weighted by atomic mass is 10.1. The number of urea groups is 1. The first-order valence-electron chi connectivity index (χ1n) is 7.38. The van der Waals surface area contributed by atoms with Gasteiger partial charge in [0.2, 0.25) is 0 Å². The molecule has 0 aliphatic rings. The van der Waals surface area contributed by atoms with Gasteiger partial charge < -0.3 is 10.6 Å². The van der Waals surface area contributed by atoms with E-state index in [-0.39, 0.29) is 6.03 Å². The third-order valence-corrected chi connectivity index (χ3v) is 4.65. The summed E-state index contributed by atoms with van der Waals surface area (Å²) in [6.07, 6.45) is 0. The van der Waals surface area contributed by atoms with E-state index >= 15 is 0 Å². The summed E-state index contributed by atoms with van der Waals surface area (Å²) in [6.45, 7) is 3.88. The second-order valence-electron chi connectivity index (χ2n) is 5.38. The summed E-state index contributed by atoms with van der Waals surface area (Å²) in [6, 6.07) is 12.7. The van der Waals surface area contributed by atoms with Gasteiger partial charge in [0.05, 0.1) is 10.7 Å². The summed E-state index contributed by atoms with van der Waals surface area (Å²) in [4.78, 5) is 16.6. The number of nitrogens with one attached hydrogen (secondary N) is 2. The summed E-state index contributed by atoms with van der Waals surface area (Å²) < 4.78 is 0. The van der Waals surface area contributed by atoms with Crippen molar-refractivity contribution in [2.45, 2.75) is 13.8 Å². The predicted octanol–water partition coefficient (Wildman–Crippen LogP) is 5.72. The van der Waals surface area contributed by atoms with Crippen molar-refractivity contribution in [3.63, 3.8) is 0 Å². The standard InChI is InChI=1S/C18H16ClN3OS/c1-11-6-7-15(9-16(11)19)22-18(23)21-14-5-3-4-13(8-14)17-10-24-12(2)20-17/h3-10H,1-2H3,(H2,21,22,23). The maximum Gasteiger partial charge on any atom is 0.323 e. The molecular weight excluding hydrogens is 342 g/mol. The average molecular weight is 358 g/mol. The van der Waals surface area contributed by atoms with E-state index in [1.54, 1.807) is 17.4 Å². The molecule has 1 aromatic heterocycles. The normalized spacial score (nSPS) is 10.5. The van der Waals surface area contributed by atoms with Gasteiger partial charge in [0, 0.05) is 27.3 Å². The van der Waals surface area contributed by atoms with Crippen LogP contribution in [0.1, 0.15) is 10.6 Å². The lowest BCUT2D eigenvalue weighted by Crippen LogP contribution is -2.19. The Balaban J connectivity index is 1.71. The number of aryl methyl sites for hydroxylation is 2. The van der Waals surface area contributed by atoms with Gasteiger partial charge in [-0.2, -0.15) is 0 Å². The third-order valence-electron chi connectivity index (χ3n) is 3.46. The second-order valence-corrected chi connectivity index (χ2v) is 6.85. The SMILES string of the molecule is Cc1nc(-c2cccc(NC(=O)Nc3ccc(C)c(Cl)c3)c2)cs1. The highest BCUT2D eigenvalue weighted by Gasteiger charge is 2.07. The van der Waals surface area contributed by atoms with Crippen molar-refractivity contribution in [2.75, 3.05) is 10.6 Å². The molecule has 0 bridgehead atoms. The monoisotopic (exact) mass is 357 g/mol. The molecule has 2 N–H and O–H groups in total. The Morgan fingerprint density at radius 2 is 1.83 bits per heavy atom. The number of thiazole rings is 1. The van der Waals surface area contributed by atoms with E-state index in [2.05, 4.69) is 15.6 Å². The second kappa shape index (κ2) is 7.03. The molecule has 6 heteroatoms. The van der Waals surface area contributed by atoms with Crippen molar-refractivity contribution in [3.8, 4) is 11.3 Å². The molecule has 0 aliphatic carbocycles. The minimum atomic E-state index is -0.318. The molecule has 0 spiro atoms. The first-order valence-corrected chi connectivity index (χ1v) is 8.64. The number of rotatable bonds is 3. The molecule has 3 aromatic rings. The van der Waals surface area contributed by atoms with Gasteiger partial charge in [-0.25, -0.2) is 9.78 Å². The Hall–Kier alpha value is -2.37. The highest BCUT2D eigenvalue weighted by atomic mass is 35.5. The van der Waals surface area contributed by atoms with E-state index in [1.807, 2.05) is 55.6 Å². The molecule has 2 aromatic carbocycles. The fraction of sp³-hybridized carbons (Fsp3) is 0.111. The number of halogens is 1. The van der Waals surface area contributed by atoms with Gasteiger partial charge in [-0.3, -0.25) is 0 Å². The van der Waals surface area contributed by atoms with Gasteiger partial charge in [0.25, 0.3) is 0 Å². The van der Waals surface area contributed by atoms with Crippen molar-refractivity contribution >= 4 is 40.3 Å². The summed E-state index contributed by atoms with van der Waals surface area (Å²) >= 11 is 7.67. The van der Waals surface area contributed by atoms with E-state index in [4.69, 9.17) is 11.6 Å². The van der Waals surface area contributed by atoms with E-state index < -0.39 is 0 Å². The zero-order valence-electron chi connectivity index (χ0n) is 13.3. The smallest absolute Gasteiger partial charge is 0.308 e. The molecule has 0 unspecified atom stereocenters. The molecule has 24 heavy (non-hydrogen) atoms. The summed E-state index contributed by atoms with van der Waals surface area (Å²) in [5, 5.41) is 9.23. The first kappa shape index (κ1) is 16.5. The fourth-order valence-electron chi connectivity index (χ4n) is 2.22. The maximum absolute atomic E-state index is 12.2. The highest BCUT2D eigenvalue weighted by Crippen LogP contribution is 2.24. The van der Waals surface area contributed by atoms with Gasteiger partial charge >= 0.3 is 6.03 Å². The molecule has 0 saturated carbocycles. The maximum atomic E-state index is 12.2. The van der Waals surface area contributed by atoms with Gasteiger partial charge in [-0.1, -0.05) is 29.8 Å². The molecule has 3 rings (SSSR count). The van der Waals surface area contributed by atoms with E-state index in [0.717, 1.165) is 21.8 Å². The lowest BCUT2D eigenvalue weighted by molar-refractivity contribution is 0.262. The molecule has 0 atom stereocenters. The molecule has 122 valence electrons. The first-order chi connectivity index (χ1) is 11.5. The van der Waals surface area contributed by atoms with E-state index in [1.165, 1.54) is 0 Å². The number of amides is 2. The molecular formula is C18H16ClN3OS. The van der Waals surface area contributed by atoms with Crippen LogP contribution in [0.4, 0.5) is 16.2 Å². The van der Waals surface area contributed by atoms with Crippen LogP contribution in [0.2, 0.25) is 5.02 Å². The number of hydrogen-bond donors (Lipinski definition) is 2. The Morgan fingerprint density at radius 3 is 2.50 bits per heavy atom. The Morgan fingerprint density at radius 1 is 1.08 bits per heavy atom. The van der Waals surface area contributed by atoms with Crippen LogP contribution in [0, 0.1) is 13.8 Å². The number of carbonyl (C=O) groups is 1. The quantitative estimate of drug-likeness (QED) is 0.629. The van der Waals surface area contributed by atoms with Crippen molar-refractivity contribution in [1.29, 1.82) is 0 Å². The van der Waals surface area contributed by atoms with Gasteiger partial charge in [-0.15, -0.1) is 11.3 Å². The lowest BCUT2D eigenvalue weighted by Gasteiger charge is -2.09. The van der Waals surface area contributed by atoms with Crippen LogP contribution in [0.5, 0.6) is 0 Å². The number of benzene rings is 2. The third kappa shape index (κ3) is 3.93. The van der Waals surface area contributed by atoms with Crippen molar-refractivity contribution in [2.24, 2.45) is 0 Å². The van der Waals surface area contributed by atoms with Crippen LogP contribution in [-0.2, 0) is 0 Å². The van der Waals surface area contributed by atoms with E-state index in [9.17, 15) is 4.79 Å². The topological polar surface area (TPSA) is 54.0 Å². The molecule has 1 heterocycles. The molecule has 4 nitrogen and oxygen atoms in total. The molecule has 2 amide bonds. The zero-order chi connectivity index (χ0) is 17.1. The summed E-state index contributed by atoms with van der Waals surface area (Å²) in [5.74, 6) is 0. The van der Waals surface area contributed by atoms with Gasteiger partial charge in [0.1, 0.15) is 0 Å². The van der Waals surface area contributed by atoms with Crippen LogP contribution < -0.4 is 10.6 Å². The van der Waals surface area contributed by atoms with Crippen molar-refractivity contribution in [3.05, 3.63) is 63.4 Å². The molecule has 0 saturated heterocycles. The zero-order valence-corrected chi connectivity index (χ0v) is 14.8. The molecule has 0 fully saturated rings. The van der Waals surface area contributed by atoms with Crippen LogP contribution in [0.3, 0.4) is 0 Å². The number of nitrogens with zero attached hydrogens (tertiary/aromatic N) is 1. The minimum Gasteiger partial charge on any atom is -0.308 e. The van der Waals surface area contributed by atoms with Crippen molar-refractivity contribution < 1.29 is 4.79 Å². The number of anilines is 2. The van der Waals surface area contributed by atoms with Gasteiger partial charge in [-0.05, 0) is 43.7 Å². The van der Waals surface area contributed by atoms with Crippen LogP contribution in [0.15, 0.2) is 47.8 Å². The Bertz CT molecular complexity index is 891. The average Bonchev–Trinajstić information content (AvgIpc) is 2.98.